The average Bonchev–Trinajstić information content (AvgIpc) is 3.03. The maximum Gasteiger partial charge on any atom is 0.252 e. The highest BCUT2D eigenvalue weighted by Gasteiger charge is 2.14. The van der Waals surface area contributed by atoms with Crippen LogP contribution < -0.4 is 11.1 Å². The molecule has 0 radical (unpaired) electrons. The van der Waals surface area contributed by atoms with Gasteiger partial charge in [0.25, 0.3) is 5.91 Å². The third kappa shape index (κ3) is 5.13. The largest absolute Gasteiger partial charge is 0.383 e. The molecule has 0 aliphatic carbocycles. The Morgan fingerprint density at radius 2 is 1.96 bits per heavy atom. The lowest BCUT2D eigenvalue weighted by Crippen LogP contribution is -2.23. The van der Waals surface area contributed by atoms with Gasteiger partial charge in [0.05, 0.1) is 24.3 Å². The van der Waals surface area contributed by atoms with Crippen molar-refractivity contribution < 1.29 is 4.79 Å². The highest BCUT2D eigenvalue weighted by atomic mass is 79.9. The second-order valence-corrected chi connectivity index (χ2v) is 6.62. The van der Waals surface area contributed by atoms with E-state index in [0.29, 0.717) is 29.4 Å². The van der Waals surface area contributed by atoms with Crippen LogP contribution in [-0.4, -0.2) is 30.9 Å². The molecule has 0 atom stereocenters. The smallest absolute Gasteiger partial charge is 0.252 e. The number of hydrogen-bond donors (Lipinski definition) is 2. The van der Waals surface area contributed by atoms with Crippen LogP contribution in [0.15, 0.2) is 34.9 Å². The second kappa shape index (κ2) is 9.93. The van der Waals surface area contributed by atoms with Gasteiger partial charge in [-0.3, -0.25) is 4.79 Å². The van der Waals surface area contributed by atoms with Crippen molar-refractivity contribution in [1.29, 1.82) is 0 Å². The van der Waals surface area contributed by atoms with Crippen molar-refractivity contribution in [2.45, 2.75) is 40.8 Å². The van der Waals surface area contributed by atoms with Crippen LogP contribution in [0.5, 0.6) is 0 Å². The molecule has 8 nitrogen and oxygen atoms in total. The first-order valence-corrected chi connectivity index (χ1v) is 9.74. The predicted octanol–water partition coefficient (Wildman–Crippen LogP) is 3.03. The molecule has 0 fully saturated rings. The van der Waals surface area contributed by atoms with Gasteiger partial charge in [-0.05, 0) is 41.9 Å². The lowest BCUT2D eigenvalue weighted by atomic mass is 10.2. The summed E-state index contributed by atoms with van der Waals surface area (Å²) in [7, 11) is 0. The van der Waals surface area contributed by atoms with Crippen molar-refractivity contribution >= 4 is 27.7 Å². The number of aryl methyl sites for hydroxylation is 1. The van der Waals surface area contributed by atoms with Crippen molar-refractivity contribution in [3.63, 3.8) is 0 Å². The average molecular weight is 446 g/mol. The maximum atomic E-state index is 12.3. The fourth-order valence-corrected chi connectivity index (χ4v) is 2.87. The van der Waals surface area contributed by atoms with E-state index in [2.05, 4.69) is 41.5 Å². The van der Waals surface area contributed by atoms with E-state index in [1.165, 1.54) is 0 Å². The van der Waals surface area contributed by atoms with Crippen LogP contribution in [0.25, 0.3) is 0 Å². The number of nitrogens with zero attached hydrogens (tertiary/aromatic N) is 5. The van der Waals surface area contributed by atoms with E-state index in [-0.39, 0.29) is 12.5 Å². The molecule has 3 rings (SSSR count). The first-order valence-electron chi connectivity index (χ1n) is 8.95. The molecule has 0 saturated heterocycles. The Morgan fingerprint density at radius 1 is 1.25 bits per heavy atom. The zero-order valence-corrected chi connectivity index (χ0v) is 18.0. The summed E-state index contributed by atoms with van der Waals surface area (Å²) in [5.74, 6) is 0.871. The van der Waals surface area contributed by atoms with Crippen LogP contribution in [0.3, 0.4) is 0 Å². The molecule has 0 unspecified atom stereocenters. The number of rotatable bonds is 5. The minimum atomic E-state index is -0.178. The molecule has 3 N–H and O–H groups in total. The van der Waals surface area contributed by atoms with E-state index in [4.69, 9.17) is 5.73 Å². The summed E-state index contributed by atoms with van der Waals surface area (Å²) in [6, 6.07) is 7.25. The van der Waals surface area contributed by atoms with E-state index >= 15 is 0 Å². The van der Waals surface area contributed by atoms with Crippen molar-refractivity contribution in [3.05, 3.63) is 63.3 Å². The number of halogens is 1. The third-order valence-electron chi connectivity index (χ3n) is 3.95. The Hall–Kier alpha value is -2.81. The minimum absolute atomic E-state index is 0.178. The Labute approximate surface area is 172 Å². The van der Waals surface area contributed by atoms with Crippen molar-refractivity contribution in [2.24, 2.45) is 0 Å². The molecule has 9 heteroatoms. The Kier molecular flexibility index (Phi) is 7.62. The molecule has 1 amide bonds. The summed E-state index contributed by atoms with van der Waals surface area (Å²) in [5.41, 5.74) is 8.81. The van der Waals surface area contributed by atoms with Crippen LogP contribution in [0, 0.1) is 13.8 Å². The van der Waals surface area contributed by atoms with Crippen LogP contribution in [0.2, 0.25) is 0 Å². The highest BCUT2D eigenvalue weighted by molar-refractivity contribution is 9.10. The molecule has 2 aromatic heterocycles. The zero-order valence-electron chi connectivity index (χ0n) is 16.4. The Morgan fingerprint density at radius 3 is 2.64 bits per heavy atom. The molecule has 1 aromatic carbocycles. The molecule has 3 aromatic rings. The van der Waals surface area contributed by atoms with Crippen LogP contribution in [0.1, 0.15) is 47.0 Å². The Bertz CT molecular complexity index is 955. The van der Waals surface area contributed by atoms with Gasteiger partial charge in [-0.1, -0.05) is 31.2 Å². The molecule has 148 valence electrons. The number of nitrogens with one attached hydrogen (secondary N) is 1. The number of nitrogen functional groups attached to an aromatic ring is 1. The van der Waals surface area contributed by atoms with Gasteiger partial charge >= 0.3 is 0 Å². The monoisotopic (exact) mass is 445 g/mol. The van der Waals surface area contributed by atoms with Gasteiger partial charge in [0, 0.05) is 16.2 Å². The number of carbonyl (C=O) groups is 1. The lowest BCUT2D eigenvalue weighted by Gasteiger charge is -2.08. The number of nitrogens with two attached hydrogens (primary N) is 1. The zero-order chi connectivity index (χ0) is 20.7. The van der Waals surface area contributed by atoms with Gasteiger partial charge in [-0.25, -0.2) is 14.6 Å². The van der Waals surface area contributed by atoms with Gasteiger partial charge in [0.2, 0.25) is 0 Å². The van der Waals surface area contributed by atoms with Gasteiger partial charge in [0.15, 0.2) is 0 Å². The standard InChI is InChI=1S/C17H18BrN7O.C2H6/c1-10-15(8-21-17(26)13-5-3-4-6-14(13)18)23-24-25(10)9-12-7-20-11(2)22-16(12)19;1-2/h3-7H,8-9H2,1-2H3,(H,21,26)(H2,19,20,22);1-2H3. The van der Waals surface area contributed by atoms with E-state index in [1.54, 1.807) is 23.9 Å². The van der Waals surface area contributed by atoms with Crippen LogP contribution in [0.4, 0.5) is 5.82 Å². The lowest BCUT2D eigenvalue weighted by molar-refractivity contribution is 0.0949. The predicted molar refractivity (Wildman–Crippen MR) is 112 cm³/mol. The van der Waals surface area contributed by atoms with E-state index < -0.39 is 0 Å². The van der Waals surface area contributed by atoms with E-state index in [1.807, 2.05) is 39.0 Å². The van der Waals surface area contributed by atoms with Gasteiger partial charge in [-0.2, -0.15) is 0 Å². The number of anilines is 1. The molecule has 0 saturated carbocycles. The summed E-state index contributed by atoms with van der Waals surface area (Å²) in [5, 5.41) is 11.1. The maximum absolute atomic E-state index is 12.3. The molecule has 0 aliphatic rings. The van der Waals surface area contributed by atoms with E-state index in [0.717, 1.165) is 15.7 Å². The summed E-state index contributed by atoms with van der Waals surface area (Å²) in [6.45, 7) is 8.38. The van der Waals surface area contributed by atoms with Gasteiger partial charge in [-0.15, -0.1) is 5.10 Å². The number of hydrogen-bond acceptors (Lipinski definition) is 6. The molecule has 0 aliphatic heterocycles. The van der Waals surface area contributed by atoms with E-state index in [9.17, 15) is 4.79 Å². The van der Waals surface area contributed by atoms with Crippen LogP contribution >= 0.6 is 15.9 Å². The second-order valence-electron chi connectivity index (χ2n) is 5.77. The fraction of sp³-hybridized carbons (Fsp3) is 0.316. The first kappa shape index (κ1) is 21.5. The minimum Gasteiger partial charge on any atom is -0.383 e. The number of amides is 1. The number of aromatic nitrogens is 5. The van der Waals surface area contributed by atoms with Gasteiger partial charge in [0.1, 0.15) is 17.3 Å². The highest BCUT2D eigenvalue weighted by Crippen LogP contribution is 2.16. The topological polar surface area (TPSA) is 112 Å². The molecular weight excluding hydrogens is 422 g/mol. The van der Waals surface area contributed by atoms with Gasteiger partial charge < -0.3 is 11.1 Å². The molecular formula is C19H24BrN7O. The van der Waals surface area contributed by atoms with Crippen molar-refractivity contribution in [1.82, 2.24) is 30.3 Å². The summed E-state index contributed by atoms with van der Waals surface area (Å²) in [4.78, 5) is 20.6. The number of benzene rings is 1. The summed E-state index contributed by atoms with van der Waals surface area (Å²) in [6.07, 6.45) is 1.69. The van der Waals surface area contributed by atoms with Crippen molar-refractivity contribution in [2.75, 3.05) is 5.73 Å². The van der Waals surface area contributed by atoms with Crippen LogP contribution in [-0.2, 0) is 13.1 Å². The quantitative estimate of drug-likeness (QED) is 0.623. The fourth-order valence-electron chi connectivity index (χ4n) is 2.41. The molecule has 0 spiro atoms. The molecule has 28 heavy (non-hydrogen) atoms. The molecule has 2 heterocycles. The summed E-state index contributed by atoms with van der Waals surface area (Å²) < 4.78 is 2.46. The van der Waals surface area contributed by atoms with Crippen molar-refractivity contribution in [3.8, 4) is 0 Å². The SMILES string of the molecule is CC.Cc1ncc(Cn2nnc(CNC(=O)c3ccccc3Br)c2C)c(N)n1. The normalized spacial score (nSPS) is 10.2. The first-order chi connectivity index (χ1) is 13.5. The summed E-state index contributed by atoms with van der Waals surface area (Å²) >= 11 is 3.37. The Balaban J connectivity index is 0.00000136. The molecule has 0 bridgehead atoms. The third-order valence-corrected chi connectivity index (χ3v) is 4.64. The number of carbonyl (C=O) groups excluding carboxylic acids is 1.